The molecule has 0 aromatic rings. The van der Waals surface area contributed by atoms with Crippen molar-refractivity contribution in [2.75, 3.05) is 12.5 Å². The van der Waals surface area contributed by atoms with Crippen LogP contribution in [-0.2, 0) is 4.74 Å². The van der Waals surface area contributed by atoms with E-state index < -0.39 is 0 Å². The zero-order valence-electron chi connectivity index (χ0n) is 5.59. The Labute approximate surface area is 65.5 Å². The Morgan fingerprint density at radius 3 is 3.00 bits per heavy atom. The van der Waals surface area contributed by atoms with Crippen molar-refractivity contribution in [2.24, 2.45) is 0 Å². The maximum Gasteiger partial charge on any atom is 0.146 e. The van der Waals surface area contributed by atoms with Crippen LogP contribution in [0, 0.1) is 0 Å². The molecule has 0 bridgehead atoms. The molecular weight excluding hydrogens is 150 g/mol. The third kappa shape index (κ3) is 2.42. The van der Waals surface area contributed by atoms with Gasteiger partial charge in [-0.1, -0.05) is 6.08 Å². The Bertz CT molecular complexity index is 145. The lowest BCUT2D eigenvalue weighted by Crippen LogP contribution is -2.27. The maximum atomic E-state index is 5.43. The second kappa shape index (κ2) is 4.36. The number of rotatable bonds is 3. The summed E-state index contributed by atoms with van der Waals surface area (Å²) < 4.78 is 5.25. The van der Waals surface area contributed by atoms with Crippen molar-refractivity contribution in [3.05, 3.63) is 24.4 Å². The molecule has 0 radical (unpaired) electrons. The minimum absolute atomic E-state index is 0.00347. The molecule has 0 aromatic carbocycles. The van der Waals surface area contributed by atoms with E-state index in [1.165, 1.54) is 0 Å². The molecule has 3 heteroatoms. The highest BCUT2D eigenvalue weighted by Gasteiger charge is 2.01. The molecule has 0 saturated heterocycles. The van der Waals surface area contributed by atoms with Crippen LogP contribution in [0.1, 0.15) is 0 Å². The first-order valence-electron chi connectivity index (χ1n) is 3.20. The van der Waals surface area contributed by atoms with E-state index in [0.717, 1.165) is 0 Å². The molecule has 1 heterocycles. The van der Waals surface area contributed by atoms with E-state index in [9.17, 15) is 0 Å². The summed E-state index contributed by atoms with van der Waals surface area (Å²) in [6, 6.07) is 0. The van der Waals surface area contributed by atoms with Crippen LogP contribution < -0.4 is 5.32 Å². The smallest absolute Gasteiger partial charge is 0.146 e. The van der Waals surface area contributed by atoms with Crippen LogP contribution in [0.25, 0.3) is 0 Å². The SMILES string of the molecule is ClCCOC1C=CC=CN1. The van der Waals surface area contributed by atoms with Crippen molar-refractivity contribution in [2.45, 2.75) is 6.23 Å². The number of dihydropyridines is 1. The molecule has 1 aliphatic rings. The van der Waals surface area contributed by atoms with Crippen LogP contribution in [0.4, 0.5) is 0 Å². The number of allylic oxidation sites excluding steroid dienone is 2. The molecular formula is C7H10ClNO. The summed E-state index contributed by atoms with van der Waals surface area (Å²) in [6.45, 7) is 0.581. The molecule has 0 spiro atoms. The van der Waals surface area contributed by atoms with E-state index >= 15 is 0 Å². The number of halogens is 1. The van der Waals surface area contributed by atoms with Gasteiger partial charge in [0.2, 0.25) is 0 Å². The van der Waals surface area contributed by atoms with Crippen molar-refractivity contribution in [3.8, 4) is 0 Å². The van der Waals surface area contributed by atoms with Crippen molar-refractivity contribution in [1.29, 1.82) is 0 Å². The van der Waals surface area contributed by atoms with Gasteiger partial charge in [-0.2, -0.15) is 0 Å². The Balaban J connectivity index is 2.17. The Morgan fingerprint density at radius 2 is 2.40 bits per heavy atom. The average Bonchev–Trinajstić information content (AvgIpc) is 2.03. The molecule has 0 saturated carbocycles. The fraction of sp³-hybridized carbons (Fsp3) is 0.429. The van der Waals surface area contributed by atoms with Crippen LogP contribution in [0.15, 0.2) is 24.4 Å². The first-order chi connectivity index (χ1) is 4.93. The van der Waals surface area contributed by atoms with Gasteiger partial charge in [0.15, 0.2) is 0 Å². The normalized spacial score (nSPS) is 22.7. The van der Waals surface area contributed by atoms with Crippen LogP contribution in [0.3, 0.4) is 0 Å². The molecule has 1 rings (SSSR count). The van der Waals surface area contributed by atoms with Crippen molar-refractivity contribution >= 4 is 11.6 Å². The second-order valence-corrected chi connectivity index (χ2v) is 2.27. The predicted octanol–water partition coefficient (Wildman–Crippen LogP) is 1.24. The van der Waals surface area contributed by atoms with E-state index in [1.54, 1.807) is 0 Å². The average molecular weight is 160 g/mol. The van der Waals surface area contributed by atoms with Gasteiger partial charge in [-0.05, 0) is 18.4 Å². The van der Waals surface area contributed by atoms with E-state index in [-0.39, 0.29) is 6.23 Å². The highest BCUT2D eigenvalue weighted by Crippen LogP contribution is 1.96. The van der Waals surface area contributed by atoms with Gasteiger partial charge in [0, 0.05) is 5.88 Å². The standard InChI is InChI=1S/C7H10ClNO/c8-4-6-10-7-3-1-2-5-9-7/h1-3,5,7,9H,4,6H2. The summed E-state index contributed by atoms with van der Waals surface area (Å²) in [4.78, 5) is 0. The molecule has 1 N–H and O–H groups in total. The summed E-state index contributed by atoms with van der Waals surface area (Å²) in [6.07, 6.45) is 7.64. The summed E-state index contributed by atoms with van der Waals surface area (Å²) in [5.74, 6) is 0.537. The Kier molecular flexibility index (Phi) is 3.33. The Hall–Kier alpha value is -0.470. The van der Waals surface area contributed by atoms with Gasteiger partial charge in [0.25, 0.3) is 0 Å². The summed E-state index contributed by atoms with van der Waals surface area (Å²) in [7, 11) is 0. The van der Waals surface area contributed by atoms with Crippen LogP contribution >= 0.6 is 11.6 Å². The van der Waals surface area contributed by atoms with Gasteiger partial charge in [0.1, 0.15) is 6.23 Å². The summed E-state index contributed by atoms with van der Waals surface area (Å²) in [5.41, 5.74) is 0. The maximum absolute atomic E-state index is 5.43. The molecule has 10 heavy (non-hydrogen) atoms. The Morgan fingerprint density at radius 1 is 1.50 bits per heavy atom. The zero-order chi connectivity index (χ0) is 7.23. The molecule has 56 valence electrons. The second-order valence-electron chi connectivity index (χ2n) is 1.89. The van der Waals surface area contributed by atoms with Crippen molar-refractivity contribution in [3.63, 3.8) is 0 Å². The van der Waals surface area contributed by atoms with Crippen molar-refractivity contribution < 1.29 is 4.74 Å². The van der Waals surface area contributed by atoms with Gasteiger partial charge in [-0.25, -0.2) is 0 Å². The molecule has 0 fully saturated rings. The first-order valence-corrected chi connectivity index (χ1v) is 3.74. The van der Waals surface area contributed by atoms with E-state index in [2.05, 4.69) is 5.32 Å². The molecule has 2 nitrogen and oxygen atoms in total. The zero-order valence-corrected chi connectivity index (χ0v) is 6.34. The molecule has 1 aliphatic heterocycles. The number of nitrogens with one attached hydrogen (secondary N) is 1. The molecule has 0 aliphatic carbocycles. The van der Waals surface area contributed by atoms with Crippen LogP contribution in [-0.4, -0.2) is 18.7 Å². The predicted molar refractivity (Wildman–Crippen MR) is 41.9 cm³/mol. The van der Waals surface area contributed by atoms with Gasteiger partial charge >= 0.3 is 0 Å². The number of hydrogen-bond acceptors (Lipinski definition) is 2. The minimum atomic E-state index is 0.00347. The lowest BCUT2D eigenvalue weighted by Gasteiger charge is -2.15. The highest BCUT2D eigenvalue weighted by atomic mass is 35.5. The van der Waals surface area contributed by atoms with E-state index in [0.29, 0.717) is 12.5 Å². The summed E-state index contributed by atoms with van der Waals surface area (Å²) >= 11 is 5.43. The number of ether oxygens (including phenoxy) is 1. The lowest BCUT2D eigenvalue weighted by atomic mass is 10.4. The fourth-order valence-corrected chi connectivity index (χ4v) is 0.791. The van der Waals surface area contributed by atoms with E-state index in [1.807, 2.05) is 24.4 Å². The quantitative estimate of drug-likeness (QED) is 0.626. The molecule has 0 amide bonds. The largest absolute Gasteiger partial charge is 0.363 e. The third-order valence-corrected chi connectivity index (χ3v) is 1.28. The van der Waals surface area contributed by atoms with E-state index in [4.69, 9.17) is 16.3 Å². The third-order valence-electron chi connectivity index (χ3n) is 1.13. The topological polar surface area (TPSA) is 21.3 Å². The lowest BCUT2D eigenvalue weighted by molar-refractivity contribution is 0.0830. The van der Waals surface area contributed by atoms with Crippen molar-refractivity contribution in [1.82, 2.24) is 5.32 Å². The summed E-state index contributed by atoms with van der Waals surface area (Å²) in [5, 5.41) is 3.01. The highest BCUT2D eigenvalue weighted by molar-refractivity contribution is 6.17. The van der Waals surface area contributed by atoms with Crippen LogP contribution in [0.5, 0.6) is 0 Å². The first kappa shape index (κ1) is 7.63. The number of hydrogen-bond donors (Lipinski definition) is 1. The molecule has 1 atom stereocenters. The minimum Gasteiger partial charge on any atom is -0.363 e. The van der Waals surface area contributed by atoms with Gasteiger partial charge < -0.3 is 10.1 Å². The van der Waals surface area contributed by atoms with Crippen LogP contribution in [0.2, 0.25) is 0 Å². The van der Waals surface area contributed by atoms with Gasteiger partial charge in [-0.15, -0.1) is 11.6 Å². The van der Waals surface area contributed by atoms with Gasteiger partial charge in [0.05, 0.1) is 6.61 Å². The molecule has 1 unspecified atom stereocenters. The number of alkyl halides is 1. The monoisotopic (exact) mass is 159 g/mol. The van der Waals surface area contributed by atoms with Gasteiger partial charge in [-0.3, -0.25) is 0 Å². The molecule has 0 aromatic heterocycles. The fourth-order valence-electron chi connectivity index (χ4n) is 0.702.